The van der Waals surface area contributed by atoms with Crippen LogP contribution in [0.4, 0.5) is 0 Å². The van der Waals surface area contributed by atoms with Crippen LogP contribution in [0, 0.1) is 0 Å². The molecule has 2 N–H and O–H groups in total. The lowest BCUT2D eigenvalue weighted by Crippen LogP contribution is -2.44. The number of hydrogen-bond donors (Lipinski definition) is 2. The van der Waals surface area contributed by atoms with Crippen molar-refractivity contribution in [1.29, 1.82) is 0 Å². The topological polar surface area (TPSA) is 88.1 Å². The maximum Gasteiger partial charge on any atom is 0.274 e. The van der Waals surface area contributed by atoms with Gasteiger partial charge in [-0.25, -0.2) is 5.48 Å². The zero-order valence-electron chi connectivity index (χ0n) is 15.6. The van der Waals surface area contributed by atoms with Crippen LogP contribution in [-0.2, 0) is 16.1 Å². The number of methoxy groups -OCH3 is 1. The van der Waals surface area contributed by atoms with Gasteiger partial charge in [0.15, 0.2) is 0 Å². The summed E-state index contributed by atoms with van der Waals surface area (Å²) in [6.07, 6.45) is 1.42. The quantitative estimate of drug-likeness (QED) is 0.626. The Hall–Kier alpha value is -2.90. The van der Waals surface area contributed by atoms with Gasteiger partial charge in [0.2, 0.25) is 0 Å². The van der Waals surface area contributed by atoms with E-state index in [1.165, 1.54) is 0 Å². The van der Waals surface area contributed by atoms with Crippen molar-refractivity contribution in [2.45, 2.75) is 31.0 Å². The minimum Gasteiger partial charge on any atom is -0.491 e. The van der Waals surface area contributed by atoms with Gasteiger partial charge in [0, 0.05) is 18.2 Å². The number of benzene rings is 2. The molecular formula is C21H22N2O5. The van der Waals surface area contributed by atoms with Crippen LogP contribution in [0.2, 0.25) is 0 Å². The molecular weight excluding hydrogens is 360 g/mol. The van der Waals surface area contributed by atoms with Gasteiger partial charge in [0.1, 0.15) is 18.0 Å². The van der Waals surface area contributed by atoms with Crippen LogP contribution in [0.3, 0.4) is 0 Å². The van der Waals surface area contributed by atoms with E-state index in [0.717, 1.165) is 11.1 Å². The van der Waals surface area contributed by atoms with E-state index in [1.807, 2.05) is 35.2 Å². The van der Waals surface area contributed by atoms with E-state index in [4.69, 9.17) is 14.7 Å². The Morgan fingerprint density at radius 2 is 1.96 bits per heavy atom. The molecule has 0 saturated heterocycles. The van der Waals surface area contributed by atoms with Gasteiger partial charge in [0.05, 0.1) is 12.6 Å². The Labute approximate surface area is 162 Å². The van der Waals surface area contributed by atoms with Crippen LogP contribution in [0.1, 0.15) is 40.4 Å². The molecule has 146 valence electrons. The van der Waals surface area contributed by atoms with Crippen molar-refractivity contribution in [3.05, 3.63) is 65.2 Å². The number of carbonyl (C=O) groups excluding carboxylic acids is 2. The molecule has 2 aliphatic rings. The number of fused-ring (bicyclic) bond motifs is 1. The Morgan fingerprint density at radius 3 is 2.61 bits per heavy atom. The van der Waals surface area contributed by atoms with Crippen LogP contribution in [0.15, 0.2) is 48.5 Å². The molecule has 2 amide bonds. The van der Waals surface area contributed by atoms with Gasteiger partial charge < -0.3 is 14.4 Å². The molecule has 4 rings (SSSR count). The highest BCUT2D eigenvalue weighted by molar-refractivity contribution is 5.94. The highest BCUT2D eigenvalue weighted by Crippen LogP contribution is 2.43. The predicted octanol–water partition coefficient (Wildman–Crippen LogP) is 2.45. The number of hydroxylamine groups is 1. The molecule has 0 radical (unpaired) electrons. The molecule has 0 spiro atoms. The van der Waals surface area contributed by atoms with E-state index in [9.17, 15) is 9.59 Å². The molecule has 0 unspecified atom stereocenters. The van der Waals surface area contributed by atoms with Crippen LogP contribution in [0.25, 0.3) is 0 Å². The maximum atomic E-state index is 13.3. The fraction of sp³-hybridized carbons (Fsp3) is 0.333. The largest absolute Gasteiger partial charge is 0.491 e. The number of nitrogens with one attached hydrogen (secondary N) is 1. The Kier molecular flexibility index (Phi) is 4.78. The van der Waals surface area contributed by atoms with E-state index in [-0.39, 0.29) is 24.1 Å². The lowest BCUT2D eigenvalue weighted by Gasteiger charge is -2.32. The van der Waals surface area contributed by atoms with Gasteiger partial charge in [-0.3, -0.25) is 14.8 Å². The lowest BCUT2D eigenvalue weighted by atomic mass is 10.0. The molecule has 7 heteroatoms. The second-order valence-corrected chi connectivity index (χ2v) is 7.13. The van der Waals surface area contributed by atoms with Crippen molar-refractivity contribution >= 4 is 11.8 Å². The van der Waals surface area contributed by atoms with Crippen molar-refractivity contribution in [3.8, 4) is 5.75 Å². The van der Waals surface area contributed by atoms with Gasteiger partial charge in [0.25, 0.3) is 11.8 Å². The van der Waals surface area contributed by atoms with Gasteiger partial charge in [-0.15, -0.1) is 0 Å². The first-order valence-corrected chi connectivity index (χ1v) is 9.19. The molecule has 2 aromatic rings. The summed E-state index contributed by atoms with van der Waals surface area (Å²) in [6.45, 7) is 0.604. The number of nitrogens with zero attached hydrogens (tertiary/aromatic N) is 1. The van der Waals surface area contributed by atoms with Gasteiger partial charge >= 0.3 is 0 Å². The molecule has 7 nitrogen and oxygen atoms in total. The standard InChI is InChI=1S/C21H22N2O5/c1-27-21(9-10-21)20(25)23-12-16-8-7-15(19(24)22-26)11-18(16)28-13-17(23)14-5-3-2-4-6-14/h2-8,11,17,26H,9-10,12-13H2,1H3,(H,22,24)/t17-/m1/s1. The van der Waals surface area contributed by atoms with E-state index >= 15 is 0 Å². The third-order valence-electron chi connectivity index (χ3n) is 5.47. The summed E-state index contributed by atoms with van der Waals surface area (Å²) < 4.78 is 11.5. The van der Waals surface area contributed by atoms with Gasteiger partial charge in [-0.05, 0) is 30.5 Å². The van der Waals surface area contributed by atoms with E-state index in [2.05, 4.69) is 0 Å². The van der Waals surface area contributed by atoms with Gasteiger partial charge in [-0.2, -0.15) is 0 Å². The smallest absolute Gasteiger partial charge is 0.274 e. The minimum absolute atomic E-state index is 0.0440. The van der Waals surface area contributed by atoms with Crippen molar-refractivity contribution in [1.82, 2.24) is 10.4 Å². The second kappa shape index (κ2) is 7.26. The first-order chi connectivity index (χ1) is 13.6. The maximum absolute atomic E-state index is 13.3. The molecule has 1 aliphatic carbocycles. The lowest BCUT2D eigenvalue weighted by molar-refractivity contribution is -0.148. The van der Waals surface area contributed by atoms with Crippen LogP contribution < -0.4 is 10.2 Å². The number of hydrogen-bond acceptors (Lipinski definition) is 5. The normalized spacial score (nSPS) is 19.8. The van der Waals surface area contributed by atoms with E-state index in [1.54, 1.807) is 30.8 Å². The summed E-state index contributed by atoms with van der Waals surface area (Å²) in [5.74, 6) is -0.128. The monoisotopic (exact) mass is 382 g/mol. The average Bonchev–Trinajstić information content (AvgIpc) is 3.56. The summed E-state index contributed by atoms with van der Waals surface area (Å²) in [6, 6.07) is 14.4. The van der Waals surface area contributed by atoms with E-state index in [0.29, 0.717) is 25.1 Å². The van der Waals surface area contributed by atoms with Crippen molar-refractivity contribution in [3.63, 3.8) is 0 Å². The zero-order valence-corrected chi connectivity index (χ0v) is 15.6. The van der Waals surface area contributed by atoms with Crippen LogP contribution in [-0.4, -0.2) is 41.2 Å². The third kappa shape index (κ3) is 3.23. The average molecular weight is 382 g/mol. The fourth-order valence-electron chi connectivity index (χ4n) is 3.62. The second-order valence-electron chi connectivity index (χ2n) is 7.13. The highest BCUT2D eigenvalue weighted by atomic mass is 16.5. The molecule has 2 aromatic carbocycles. The SMILES string of the molecule is COC1(C(=O)N2Cc3ccc(C(=O)NO)cc3OC[C@@H]2c2ccccc2)CC1. The Morgan fingerprint density at radius 1 is 1.21 bits per heavy atom. The number of rotatable bonds is 4. The summed E-state index contributed by atoms with van der Waals surface area (Å²) in [5, 5.41) is 8.87. The molecule has 28 heavy (non-hydrogen) atoms. The Bertz CT molecular complexity index is 895. The van der Waals surface area contributed by atoms with Gasteiger partial charge in [-0.1, -0.05) is 36.4 Å². The number of amides is 2. The molecule has 1 atom stereocenters. The number of carbonyl (C=O) groups is 2. The predicted molar refractivity (Wildman–Crippen MR) is 99.9 cm³/mol. The molecule has 0 bridgehead atoms. The first kappa shape index (κ1) is 18.5. The van der Waals surface area contributed by atoms with Crippen molar-refractivity contribution in [2.75, 3.05) is 13.7 Å². The zero-order chi connectivity index (χ0) is 19.7. The van der Waals surface area contributed by atoms with Crippen LogP contribution >= 0.6 is 0 Å². The van der Waals surface area contributed by atoms with Crippen molar-refractivity contribution in [2.24, 2.45) is 0 Å². The summed E-state index contributed by atoms with van der Waals surface area (Å²) in [7, 11) is 1.57. The summed E-state index contributed by atoms with van der Waals surface area (Å²) in [4.78, 5) is 26.9. The van der Waals surface area contributed by atoms with Crippen LogP contribution in [0.5, 0.6) is 5.75 Å². The fourth-order valence-corrected chi connectivity index (χ4v) is 3.62. The molecule has 0 aromatic heterocycles. The first-order valence-electron chi connectivity index (χ1n) is 9.19. The molecule has 1 aliphatic heterocycles. The minimum atomic E-state index is -0.742. The number of ether oxygens (including phenoxy) is 2. The molecule has 1 heterocycles. The van der Waals surface area contributed by atoms with E-state index < -0.39 is 11.5 Å². The third-order valence-corrected chi connectivity index (χ3v) is 5.47. The molecule has 1 saturated carbocycles. The summed E-state index contributed by atoms with van der Waals surface area (Å²) in [5.41, 5.74) is 2.94. The molecule has 1 fully saturated rings. The van der Waals surface area contributed by atoms with Crippen molar-refractivity contribution < 1.29 is 24.3 Å². The highest BCUT2D eigenvalue weighted by Gasteiger charge is 2.54. The summed E-state index contributed by atoms with van der Waals surface area (Å²) >= 11 is 0. The Balaban J connectivity index is 1.72.